The van der Waals surface area contributed by atoms with Gasteiger partial charge in [0.2, 0.25) is 10.0 Å². The average molecular weight is 307 g/mol. The van der Waals surface area contributed by atoms with E-state index >= 15 is 0 Å². The van der Waals surface area contributed by atoms with E-state index in [-0.39, 0.29) is 6.04 Å². The van der Waals surface area contributed by atoms with Crippen molar-refractivity contribution in [1.82, 2.24) is 9.62 Å². The van der Waals surface area contributed by atoms with Crippen LogP contribution in [0.4, 0.5) is 0 Å². The number of thiophene rings is 1. The Morgan fingerprint density at radius 2 is 2.20 bits per heavy atom. The predicted molar refractivity (Wildman–Crippen MR) is 77.7 cm³/mol. The fraction of sp³-hybridized carbons (Fsp3) is 0.308. The highest BCUT2D eigenvalue weighted by Gasteiger charge is 2.28. The molecule has 104 valence electrons. The van der Waals surface area contributed by atoms with E-state index in [0.717, 1.165) is 10.1 Å². The van der Waals surface area contributed by atoms with Crippen LogP contribution in [-0.4, -0.2) is 32.4 Å². The fourth-order valence-corrected chi connectivity index (χ4v) is 5.16. The molecule has 0 amide bonds. The molecule has 0 saturated carbocycles. The second kappa shape index (κ2) is 5.05. The van der Waals surface area contributed by atoms with Crippen LogP contribution in [-0.2, 0) is 10.0 Å². The molecule has 2 aromatic rings. The first kappa shape index (κ1) is 13.4. The molecule has 1 aromatic carbocycles. The maximum atomic E-state index is 12.5. The average Bonchev–Trinajstić information content (AvgIpc) is 3.04. The molecule has 2 heterocycles. The summed E-state index contributed by atoms with van der Waals surface area (Å²) in [6.07, 6.45) is 2.71. The van der Waals surface area contributed by atoms with E-state index < -0.39 is 10.0 Å². The highest BCUT2D eigenvalue weighted by atomic mass is 32.2. The molecule has 1 aliphatic rings. The number of fused-ring (bicyclic) bond motifs is 1. The van der Waals surface area contributed by atoms with Gasteiger partial charge in [0.25, 0.3) is 0 Å². The molecule has 1 aliphatic heterocycles. The van der Waals surface area contributed by atoms with Crippen LogP contribution in [0, 0.1) is 11.5 Å². The van der Waals surface area contributed by atoms with E-state index in [1.54, 1.807) is 10.3 Å². The number of hydrogen-bond acceptors (Lipinski definition) is 5. The summed E-state index contributed by atoms with van der Waals surface area (Å²) in [6.45, 7) is 1.05. The number of nitriles is 1. The standard InChI is InChI=1S/C13H13N3O2S2/c14-9-16-6-5-10(7-16)15-20(17,18)13-8-19-12-4-2-1-3-11(12)13/h1-4,8,10,15H,5-7H2. The molecule has 1 unspecified atom stereocenters. The summed E-state index contributed by atoms with van der Waals surface area (Å²) < 4.78 is 28.6. The van der Waals surface area contributed by atoms with E-state index in [1.165, 1.54) is 11.3 Å². The number of nitrogens with one attached hydrogen (secondary N) is 1. The second-order valence-corrected chi connectivity index (χ2v) is 7.34. The van der Waals surface area contributed by atoms with Crippen molar-refractivity contribution in [2.75, 3.05) is 13.1 Å². The molecule has 7 heteroatoms. The zero-order valence-electron chi connectivity index (χ0n) is 10.6. The fourth-order valence-electron chi connectivity index (χ4n) is 2.39. The number of likely N-dealkylation sites (tertiary alicyclic amines) is 1. The minimum atomic E-state index is -3.53. The highest BCUT2D eigenvalue weighted by Crippen LogP contribution is 2.29. The predicted octanol–water partition coefficient (Wildman–Crippen LogP) is 1.73. The van der Waals surface area contributed by atoms with Gasteiger partial charge in [-0.1, -0.05) is 18.2 Å². The van der Waals surface area contributed by atoms with Gasteiger partial charge in [-0.2, -0.15) is 5.26 Å². The Bertz CT molecular complexity index is 776. The smallest absolute Gasteiger partial charge is 0.242 e. The highest BCUT2D eigenvalue weighted by molar-refractivity contribution is 7.90. The van der Waals surface area contributed by atoms with Gasteiger partial charge in [0.05, 0.1) is 0 Å². The molecular formula is C13H13N3O2S2. The Kier molecular flexibility index (Phi) is 3.38. The third kappa shape index (κ3) is 2.38. The zero-order valence-corrected chi connectivity index (χ0v) is 12.2. The van der Waals surface area contributed by atoms with E-state index in [0.29, 0.717) is 24.4 Å². The van der Waals surface area contributed by atoms with Crippen LogP contribution in [0.2, 0.25) is 0 Å². The van der Waals surface area contributed by atoms with Crippen molar-refractivity contribution >= 4 is 31.4 Å². The van der Waals surface area contributed by atoms with Gasteiger partial charge in [-0.15, -0.1) is 11.3 Å². The normalized spacial score (nSPS) is 19.4. The topological polar surface area (TPSA) is 73.2 Å². The van der Waals surface area contributed by atoms with Gasteiger partial charge in [0, 0.05) is 34.6 Å². The number of hydrogen-bond donors (Lipinski definition) is 1. The van der Waals surface area contributed by atoms with Gasteiger partial charge in [-0.25, -0.2) is 13.1 Å². The first-order valence-electron chi connectivity index (χ1n) is 6.23. The van der Waals surface area contributed by atoms with Crippen LogP contribution < -0.4 is 4.72 Å². The molecule has 0 bridgehead atoms. The molecule has 3 rings (SSSR count). The summed E-state index contributed by atoms with van der Waals surface area (Å²) in [4.78, 5) is 1.90. The Morgan fingerprint density at radius 3 is 2.95 bits per heavy atom. The van der Waals surface area contributed by atoms with E-state index in [1.807, 2.05) is 30.5 Å². The number of sulfonamides is 1. The minimum absolute atomic E-state index is 0.196. The van der Waals surface area contributed by atoms with Crippen LogP contribution in [0.3, 0.4) is 0 Å². The lowest BCUT2D eigenvalue weighted by Crippen LogP contribution is -2.36. The first-order chi connectivity index (χ1) is 9.60. The van der Waals surface area contributed by atoms with E-state index in [4.69, 9.17) is 5.26 Å². The van der Waals surface area contributed by atoms with Crippen LogP contribution >= 0.6 is 11.3 Å². The Morgan fingerprint density at radius 1 is 1.40 bits per heavy atom. The molecule has 1 saturated heterocycles. The molecule has 5 nitrogen and oxygen atoms in total. The van der Waals surface area contributed by atoms with E-state index in [2.05, 4.69) is 4.72 Å². The molecule has 20 heavy (non-hydrogen) atoms. The maximum absolute atomic E-state index is 12.5. The van der Waals surface area contributed by atoms with Crippen molar-refractivity contribution in [2.45, 2.75) is 17.4 Å². The van der Waals surface area contributed by atoms with Crippen LogP contribution in [0.15, 0.2) is 34.5 Å². The zero-order chi connectivity index (χ0) is 14.2. The number of nitrogens with zero attached hydrogens (tertiary/aromatic N) is 2. The van der Waals surface area contributed by atoms with Crippen molar-refractivity contribution in [3.8, 4) is 6.19 Å². The second-order valence-electron chi connectivity index (χ2n) is 4.75. The molecule has 0 aliphatic carbocycles. The summed E-state index contributed by atoms with van der Waals surface area (Å²) in [5.74, 6) is 0. The van der Waals surface area contributed by atoms with Crippen molar-refractivity contribution in [3.63, 3.8) is 0 Å². The molecule has 1 fully saturated rings. The molecule has 1 aromatic heterocycles. The lowest BCUT2D eigenvalue weighted by Gasteiger charge is -2.12. The van der Waals surface area contributed by atoms with Gasteiger partial charge < -0.3 is 4.90 Å². The van der Waals surface area contributed by atoms with Crippen molar-refractivity contribution in [1.29, 1.82) is 5.26 Å². The van der Waals surface area contributed by atoms with Crippen molar-refractivity contribution in [2.24, 2.45) is 0 Å². The van der Waals surface area contributed by atoms with Gasteiger partial charge in [0.15, 0.2) is 6.19 Å². The largest absolute Gasteiger partial charge is 0.309 e. The quantitative estimate of drug-likeness (QED) is 0.877. The maximum Gasteiger partial charge on any atom is 0.242 e. The summed E-state index contributed by atoms with van der Waals surface area (Å²) in [5, 5.41) is 11.2. The first-order valence-corrected chi connectivity index (χ1v) is 8.60. The molecule has 0 spiro atoms. The lowest BCUT2D eigenvalue weighted by atomic mass is 10.3. The number of rotatable bonds is 3. The Balaban J connectivity index is 1.87. The van der Waals surface area contributed by atoms with Gasteiger partial charge in [-0.05, 0) is 12.5 Å². The van der Waals surface area contributed by atoms with Gasteiger partial charge in [-0.3, -0.25) is 0 Å². The Labute approximate surface area is 121 Å². The molecular weight excluding hydrogens is 294 g/mol. The van der Waals surface area contributed by atoms with Gasteiger partial charge >= 0.3 is 0 Å². The number of benzene rings is 1. The third-order valence-corrected chi connectivity index (χ3v) is 6.06. The third-order valence-electron chi connectivity index (χ3n) is 3.39. The van der Waals surface area contributed by atoms with Crippen LogP contribution in [0.5, 0.6) is 0 Å². The minimum Gasteiger partial charge on any atom is -0.309 e. The van der Waals surface area contributed by atoms with Crippen molar-refractivity contribution < 1.29 is 8.42 Å². The molecule has 1 atom stereocenters. The molecule has 0 radical (unpaired) electrons. The monoisotopic (exact) mass is 307 g/mol. The Hall–Kier alpha value is -1.62. The summed E-state index contributed by atoms with van der Waals surface area (Å²) in [6, 6.07) is 7.26. The molecule has 1 N–H and O–H groups in total. The lowest BCUT2D eigenvalue weighted by molar-refractivity contribution is 0.470. The van der Waals surface area contributed by atoms with Crippen LogP contribution in [0.1, 0.15) is 6.42 Å². The van der Waals surface area contributed by atoms with Crippen LogP contribution in [0.25, 0.3) is 10.1 Å². The summed E-state index contributed by atoms with van der Waals surface area (Å²) >= 11 is 1.42. The van der Waals surface area contributed by atoms with E-state index in [9.17, 15) is 8.42 Å². The SMILES string of the molecule is N#CN1CCC(NS(=O)(=O)c2csc3ccccc23)C1. The van der Waals surface area contributed by atoms with Crippen molar-refractivity contribution in [3.05, 3.63) is 29.6 Å². The summed E-state index contributed by atoms with van der Waals surface area (Å²) in [7, 11) is -3.53. The van der Waals surface area contributed by atoms with Gasteiger partial charge in [0.1, 0.15) is 4.90 Å². The summed E-state index contributed by atoms with van der Waals surface area (Å²) in [5.41, 5.74) is 0.